The molecule has 1 fully saturated rings. The number of thiophene rings is 1. The first-order chi connectivity index (χ1) is 11.4. The molecule has 0 bridgehead atoms. The molecule has 24 heavy (non-hydrogen) atoms. The smallest absolute Gasteiger partial charge is 0.259 e. The van der Waals surface area contributed by atoms with Crippen LogP contribution in [0.25, 0.3) is 0 Å². The van der Waals surface area contributed by atoms with Crippen LogP contribution in [0.4, 0.5) is 0 Å². The average Bonchev–Trinajstić information content (AvgIpc) is 3.18. The Balaban J connectivity index is 1.61. The maximum absolute atomic E-state index is 12.6. The molecule has 0 aromatic carbocycles. The van der Waals surface area contributed by atoms with Crippen LogP contribution in [0.5, 0.6) is 0 Å². The van der Waals surface area contributed by atoms with Gasteiger partial charge in [-0.05, 0) is 38.1 Å². The Kier molecular flexibility index (Phi) is 4.75. The van der Waals surface area contributed by atoms with E-state index in [1.54, 1.807) is 36.3 Å². The van der Waals surface area contributed by atoms with E-state index in [1.165, 1.54) is 11.3 Å². The minimum atomic E-state index is -3.47. The van der Waals surface area contributed by atoms with E-state index in [0.29, 0.717) is 47.2 Å². The summed E-state index contributed by atoms with van der Waals surface area (Å²) in [6, 6.07) is 3.14. The lowest BCUT2D eigenvalue weighted by molar-refractivity contribution is 0.0709. The molecule has 130 valence electrons. The van der Waals surface area contributed by atoms with Gasteiger partial charge in [-0.15, -0.1) is 11.3 Å². The van der Waals surface area contributed by atoms with E-state index < -0.39 is 10.0 Å². The predicted octanol–water partition coefficient (Wildman–Crippen LogP) is 1.94. The molecule has 2 aromatic rings. The Morgan fingerprint density at radius 2 is 2.08 bits per heavy atom. The number of nitrogens with one attached hydrogen (secondary N) is 1. The zero-order chi connectivity index (χ0) is 17.3. The number of rotatable bonds is 4. The number of carbonyl (C=O) groups is 1. The number of hydrogen-bond acceptors (Lipinski definition) is 6. The van der Waals surface area contributed by atoms with Gasteiger partial charge in [0.25, 0.3) is 5.91 Å². The van der Waals surface area contributed by atoms with E-state index >= 15 is 0 Å². The molecule has 3 rings (SSSR count). The first kappa shape index (κ1) is 17.1. The summed E-state index contributed by atoms with van der Waals surface area (Å²) >= 11 is 1.19. The molecular formula is C15H19N3O4S2. The van der Waals surface area contributed by atoms with Crippen LogP contribution in [0.1, 0.15) is 34.7 Å². The number of aryl methyl sites for hydroxylation is 2. The Hall–Kier alpha value is -1.71. The Labute approximate surface area is 144 Å². The molecule has 1 aliphatic heterocycles. The van der Waals surface area contributed by atoms with Gasteiger partial charge in [-0.1, -0.05) is 11.2 Å². The van der Waals surface area contributed by atoms with E-state index in [-0.39, 0.29) is 11.9 Å². The van der Waals surface area contributed by atoms with Crippen molar-refractivity contribution < 1.29 is 17.7 Å². The first-order valence-corrected chi connectivity index (χ1v) is 10.0. The van der Waals surface area contributed by atoms with Gasteiger partial charge in [0.2, 0.25) is 10.0 Å². The number of hydrogen-bond donors (Lipinski definition) is 1. The molecule has 0 saturated carbocycles. The van der Waals surface area contributed by atoms with Crippen LogP contribution in [-0.4, -0.2) is 43.5 Å². The minimum Gasteiger partial charge on any atom is -0.361 e. The highest BCUT2D eigenvalue weighted by molar-refractivity contribution is 7.91. The topological polar surface area (TPSA) is 92.5 Å². The summed E-state index contributed by atoms with van der Waals surface area (Å²) in [7, 11) is -3.47. The van der Waals surface area contributed by atoms with Crippen LogP contribution in [0.3, 0.4) is 0 Å². The molecule has 1 saturated heterocycles. The third-order valence-corrected chi connectivity index (χ3v) is 7.03. The molecule has 1 N–H and O–H groups in total. The van der Waals surface area contributed by atoms with Crippen molar-refractivity contribution in [1.29, 1.82) is 0 Å². The van der Waals surface area contributed by atoms with Gasteiger partial charge in [0, 0.05) is 19.1 Å². The van der Waals surface area contributed by atoms with E-state index in [2.05, 4.69) is 9.88 Å². The van der Waals surface area contributed by atoms with Crippen LogP contribution >= 0.6 is 11.3 Å². The molecule has 1 aliphatic rings. The zero-order valence-electron chi connectivity index (χ0n) is 13.5. The van der Waals surface area contributed by atoms with Crippen molar-refractivity contribution in [1.82, 2.24) is 14.8 Å². The molecule has 0 unspecified atom stereocenters. The van der Waals surface area contributed by atoms with E-state index in [4.69, 9.17) is 4.52 Å². The van der Waals surface area contributed by atoms with Gasteiger partial charge >= 0.3 is 0 Å². The zero-order valence-corrected chi connectivity index (χ0v) is 15.1. The number of carbonyl (C=O) groups excluding carboxylic acids is 1. The van der Waals surface area contributed by atoms with Crippen LogP contribution in [0.2, 0.25) is 0 Å². The molecule has 0 atom stereocenters. The maximum atomic E-state index is 12.6. The molecule has 3 heterocycles. The quantitative estimate of drug-likeness (QED) is 0.889. The summed E-state index contributed by atoms with van der Waals surface area (Å²) in [4.78, 5) is 14.3. The average molecular weight is 369 g/mol. The highest BCUT2D eigenvalue weighted by atomic mass is 32.2. The van der Waals surface area contributed by atoms with Crippen molar-refractivity contribution in [2.75, 3.05) is 13.1 Å². The standard InChI is InChI=1S/C15H19N3O4S2/c1-10-14(11(2)22-16-10)15(19)18-7-5-12(6-8-18)17-24(20,21)13-4-3-9-23-13/h3-4,9,12,17H,5-8H2,1-2H3. The van der Waals surface area contributed by atoms with Gasteiger partial charge in [0.1, 0.15) is 15.5 Å². The van der Waals surface area contributed by atoms with Crippen LogP contribution < -0.4 is 4.72 Å². The van der Waals surface area contributed by atoms with Crippen LogP contribution in [0, 0.1) is 13.8 Å². The van der Waals surface area contributed by atoms with Crippen molar-refractivity contribution in [3.8, 4) is 0 Å². The van der Waals surface area contributed by atoms with Gasteiger partial charge in [-0.25, -0.2) is 13.1 Å². The lowest BCUT2D eigenvalue weighted by Gasteiger charge is -2.32. The third-order valence-electron chi connectivity index (χ3n) is 4.11. The second kappa shape index (κ2) is 6.66. The maximum Gasteiger partial charge on any atom is 0.259 e. The van der Waals surface area contributed by atoms with Crippen molar-refractivity contribution in [3.63, 3.8) is 0 Å². The molecular weight excluding hydrogens is 350 g/mol. The lowest BCUT2D eigenvalue weighted by Crippen LogP contribution is -2.46. The number of amides is 1. The fourth-order valence-corrected chi connectivity index (χ4v) is 5.16. The number of nitrogens with zero attached hydrogens (tertiary/aromatic N) is 2. The monoisotopic (exact) mass is 369 g/mol. The highest BCUT2D eigenvalue weighted by Crippen LogP contribution is 2.21. The minimum absolute atomic E-state index is 0.106. The van der Waals surface area contributed by atoms with Gasteiger partial charge in [-0.3, -0.25) is 4.79 Å². The molecule has 0 radical (unpaired) electrons. The number of sulfonamides is 1. The Morgan fingerprint density at radius 3 is 2.62 bits per heavy atom. The van der Waals surface area contributed by atoms with Gasteiger partial charge in [0.05, 0.1) is 5.69 Å². The molecule has 7 nitrogen and oxygen atoms in total. The van der Waals surface area contributed by atoms with E-state index in [1.807, 2.05) is 0 Å². The van der Waals surface area contributed by atoms with Gasteiger partial charge < -0.3 is 9.42 Å². The largest absolute Gasteiger partial charge is 0.361 e. The van der Waals surface area contributed by atoms with E-state index in [9.17, 15) is 13.2 Å². The molecule has 0 spiro atoms. The summed E-state index contributed by atoms with van der Waals surface area (Å²) in [5, 5.41) is 5.55. The second-order valence-electron chi connectivity index (χ2n) is 5.82. The summed E-state index contributed by atoms with van der Waals surface area (Å²) < 4.78 is 32.6. The normalized spacial score (nSPS) is 16.5. The fourth-order valence-electron chi connectivity index (χ4n) is 2.84. The van der Waals surface area contributed by atoms with E-state index in [0.717, 1.165) is 0 Å². The van der Waals surface area contributed by atoms with Crippen molar-refractivity contribution in [2.24, 2.45) is 0 Å². The van der Waals surface area contributed by atoms with Crippen LogP contribution in [0.15, 0.2) is 26.2 Å². The predicted molar refractivity (Wildman–Crippen MR) is 89.5 cm³/mol. The molecule has 9 heteroatoms. The number of piperidine rings is 1. The Bertz CT molecular complexity index is 800. The second-order valence-corrected chi connectivity index (χ2v) is 8.71. The van der Waals surface area contributed by atoms with Crippen molar-refractivity contribution >= 4 is 27.3 Å². The van der Waals surface area contributed by atoms with Crippen molar-refractivity contribution in [3.05, 3.63) is 34.5 Å². The highest BCUT2D eigenvalue weighted by Gasteiger charge is 2.29. The summed E-state index contributed by atoms with van der Waals surface area (Å²) in [6.07, 6.45) is 1.17. The van der Waals surface area contributed by atoms with Crippen molar-refractivity contribution in [2.45, 2.75) is 36.9 Å². The molecule has 0 aliphatic carbocycles. The first-order valence-electron chi connectivity index (χ1n) is 7.66. The Morgan fingerprint density at radius 1 is 1.38 bits per heavy atom. The summed E-state index contributed by atoms with van der Waals surface area (Å²) in [6.45, 7) is 4.46. The number of aromatic nitrogens is 1. The van der Waals surface area contributed by atoms with Gasteiger partial charge in [0.15, 0.2) is 0 Å². The molecule has 1 amide bonds. The lowest BCUT2D eigenvalue weighted by atomic mass is 10.0. The summed E-state index contributed by atoms with van der Waals surface area (Å²) in [5.41, 5.74) is 1.09. The SMILES string of the molecule is Cc1noc(C)c1C(=O)N1CCC(NS(=O)(=O)c2cccs2)CC1. The van der Waals surface area contributed by atoms with Gasteiger partial charge in [-0.2, -0.15) is 0 Å². The molecule has 2 aromatic heterocycles. The summed E-state index contributed by atoms with van der Waals surface area (Å²) in [5.74, 6) is 0.406. The number of likely N-dealkylation sites (tertiary alicyclic amines) is 1. The third kappa shape index (κ3) is 3.38. The van der Waals surface area contributed by atoms with Crippen LogP contribution in [-0.2, 0) is 10.0 Å². The fraction of sp³-hybridized carbons (Fsp3) is 0.467.